The first-order valence-electron chi connectivity index (χ1n) is 6.03. The van der Waals surface area contributed by atoms with E-state index in [-0.39, 0.29) is 5.69 Å². The van der Waals surface area contributed by atoms with Crippen LogP contribution < -0.4 is 4.90 Å². The molecule has 8 heteroatoms. The molecule has 0 aliphatic carbocycles. The summed E-state index contributed by atoms with van der Waals surface area (Å²) in [6, 6.07) is 1.43. The molecular weight excluding hydrogens is 280 g/mol. The third-order valence-corrected chi connectivity index (χ3v) is 4.38. The summed E-state index contributed by atoms with van der Waals surface area (Å²) in [6.07, 6.45) is 2.80. The van der Waals surface area contributed by atoms with Crippen LogP contribution in [0, 0.1) is 10.1 Å². The number of anilines is 1. The highest BCUT2D eigenvalue weighted by Gasteiger charge is 2.24. The van der Waals surface area contributed by atoms with E-state index in [1.807, 2.05) is 17.8 Å². The Labute approximate surface area is 120 Å². The fourth-order valence-electron chi connectivity index (χ4n) is 1.83. The van der Waals surface area contributed by atoms with Crippen LogP contribution in [-0.2, 0) is 13.6 Å². The van der Waals surface area contributed by atoms with Crippen LogP contribution in [0.1, 0.15) is 23.7 Å². The molecule has 2 aromatic heterocycles. The van der Waals surface area contributed by atoms with Gasteiger partial charge in [0.15, 0.2) is 5.00 Å². The highest BCUT2D eigenvalue weighted by atomic mass is 32.1. The molecule has 1 N–H and O–H groups in total. The minimum atomic E-state index is -0.714. The van der Waals surface area contributed by atoms with Gasteiger partial charge in [0, 0.05) is 37.4 Å². The second kappa shape index (κ2) is 5.59. The van der Waals surface area contributed by atoms with Gasteiger partial charge in [-0.15, -0.1) is 11.3 Å². The normalized spacial score (nSPS) is 12.4. The van der Waals surface area contributed by atoms with E-state index in [1.165, 1.54) is 17.4 Å². The monoisotopic (exact) mass is 296 g/mol. The van der Waals surface area contributed by atoms with Crippen LogP contribution in [-0.4, -0.2) is 26.6 Å². The van der Waals surface area contributed by atoms with E-state index in [4.69, 9.17) is 0 Å². The average molecular weight is 296 g/mol. The van der Waals surface area contributed by atoms with Gasteiger partial charge < -0.3 is 14.6 Å². The first kappa shape index (κ1) is 14.5. The smallest absolute Gasteiger partial charge is 0.304 e. The summed E-state index contributed by atoms with van der Waals surface area (Å²) in [5.41, 5.74) is 0.0163. The molecule has 0 saturated carbocycles. The molecule has 0 spiro atoms. The van der Waals surface area contributed by atoms with Gasteiger partial charge in [-0.25, -0.2) is 4.98 Å². The first-order valence-corrected chi connectivity index (χ1v) is 6.85. The zero-order valence-electron chi connectivity index (χ0n) is 11.5. The van der Waals surface area contributed by atoms with Gasteiger partial charge in [0.25, 0.3) is 0 Å². The Hall–Kier alpha value is -1.93. The molecule has 0 unspecified atom stereocenters. The summed E-state index contributed by atoms with van der Waals surface area (Å²) < 4.78 is 1.87. The van der Waals surface area contributed by atoms with Crippen LogP contribution in [0.3, 0.4) is 0 Å². The third-order valence-electron chi connectivity index (χ3n) is 2.97. The van der Waals surface area contributed by atoms with Crippen molar-refractivity contribution < 1.29 is 10.0 Å². The van der Waals surface area contributed by atoms with Crippen LogP contribution in [0.15, 0.2) is 18.5 Å². The summed E-state index contributed by atoms with van der Waals surface area (Å²) in [5, 5.41) is 21.2. The molecule has 0 aromatic carbocycles. The lowest BCUT2D eigenvalue weighted by atomic mass is 10.3. The molecule has 108 valence electrons. The predicted molar refractivity (Wildman–Crippen MR) is 76.9 cm³/mol. The van der Waals surface area contributed by atoms with Crippen molar-refractivity contribution in [3.63, 3.8) is 0 Å². The summed E-state index contributed by atoms with van der Waals surface area (Å²) in [5.74, 6) is 0.814. The number of aryl methyl sites for hydroxylation is 1. The zero-order chi connectivity index (χ0) is 14.9. The SMILES string of the molecule is C[C@H](O)c1cc([N+](=O)[O-])c(N(C)Cc2nccn2C)s1. The van der Waals surface area contributed by atoms with Gasteiger partial charge >= 0.3 is 5.69 Å². The fraction of sp³-hybridized carbons (Fsp3) is 0.417. The fourth-order valence-corrected chi connectivity index (χ4v) is 2.86. The largest absolute Gasteiger partial charge is 0.388 e. The number of rotatable bonds is 5. The van der Waals surface area contributed by atoms with E-state index in [0.717, 1.165) is 5.82 Å². The molecule has 0 aliphatic rings. The van der Waals surface area contributed by atoms with Gasteiger partial charge in [0.05, 0.1) is 17.6 Å². The standard InChI is InChI=1S/C12H16N4O3S/c1-8(17)10-6-9(16(18)19)12(20-10)15(3)7-11-13-4-5-14(11)2/h4-6,8,17H,7H2,1-3H3/t8-/m0/s1. The first-order chi connectivity index (χ1) is 9.40. The molecule has 0 amide bonds. The highest BCUT2D eigenvalue weighted by molar-refractivity contribution is 7.16. The Bertz CT molecular complexity index is 620. The zero-order valence-corrected chi connectivity index (χ0v) is 12.3. The van der Waals surface area contributed by atoms with Crippen LogP contribution >= 0.6 is 11.3 Å². The Balaban J connectivity index is 2.31. The molecule has 20 heavy (non-hydrogen) atoms. The Morgan fingerprint density at radius 3 is 2.85 bits per heavy atom. The topological polar surface area (TPSA) is 84.4 Å². The Morgan fingerprint density at radius 2 is 2.35 bits per heavy atom. The quantitative estimate of drug-likeness (QED) is 0.674. The van der Waals surface area contributed by atoms with Crippen molar-refractivity contribution in [3.8, 4) is 0 Å². The second-order valence-electron chi connectivity index (χ2n) is 4.58. The lowest BCUT2D eigenvalue weighted by Crippen LogP contribution is -2.18. The van der Waals surface area contributed by atoms with Crippen molar-refractivity contribution in [3.05, 3.63) is 39.3 Å². The molecule has 0 fully saturated rings. The maximum Gasteiger partial charge on any atom is 0.304 e. The van der Waals surface area contributed by atoms with Crippen LogP contribution in [0.25, 0.3) is 0 Å². The van der Waals surface area contributed by atoms with Gasteiger partial charge in [-0.05, 0) is 6.92 Å². The van der Waals surface area contributed by atoms with Crippen molar-refractivity contribution in [2.45, 2.75) is 19.6 Å². The number of aliphatic hydroxyl groups excluding tert-OH is 1. The van der Waals surface area contributed by atoms with E-state index >= 15 is 0 Å². The van der Waals surface area contributed by atoms with Gasteiger partial charge in [0.1, 0.15) is 5.82 Å². The van der Waals surface area contributed by atoms with Crippen LogP contribution in [0.4, 0.5) is 10.7 Å². The molecule has 0 radical (unpaired) electrons. The molecule has 2 rings (SSSR count). The summed E-state index contributed by atoms with van der Waals surface area (Å²) >= 11 is 1.23. The van der Waals surface area contributed by atoms with Crippen molar-refractivity contribution in [1.29, 1.82) is 0 Å². The third kappa shape index (κ3) is 2.81. The van der Waals surface area contributed by atoms with Crippen molar-refractivity contribution in [2.24, 2.45) is 7.05 Å². The number of aliphatic hydroxyl groups is 1. The van der Waals surface area contributed by atoms with Gasteiger partial charge in [-0.2, -0.15) is 0 Å². The van der Waals surface area contributed by atoms with Gasteiger partial charge in [-0.1, -0.05) is 0 Å². The lowest BCUT2D eigenvalue weighted by molar-refractivity contribution is -0.383. The van der Waals surface area contributed by atoms with E-state index in [9.17, 15) is 15.2 Å². The maximum absolute atomic E-state index is 11.1. The summed E-state index contributed by atoms with van der Waals surface area (Å²) in [6.45, 7) is 2.06. The second-order valence-corrected chi connectivity index (χ2v) is 5.64. The number of nitrogens with zero attached hydrogens (tertiary/aromatic N) is 4. The minimum Gasteiger partial charge on any atom is -0.388 e. The Kier molecular flexibility index (Phi) is 4.05. The van der Waals surface area contributed by atoms with Crippen molar-refractivity contribution in [2.75, 3.05) is 11.9 Å². The predicted octanol–water partition coefficient (Wildman–Crippen LogP) is 2.08. The van der Waals surface area contributed by atoms with E-state index in [2.05, 4.69) is 4.98 Å². The van der Waals surface area contributed by atoms with Crippen LogP contribution in [0.5, 0.6) is 0 Å². The van der Waals surface area contributed by atoms with Gasteiger partial charge in [0.2, 0.25) is 0 Å². The maximum atomic E-state index is 11.1. The van der Waals surface area contributed by atoms with Crippen molar-refractivity contribution >= 4 is 22.0 Å². The van der Waals surface area contributed by atoms with E-state index < -0.39 is 11.0 Å². The van der Waals surface area contributed by atoms with E-state index in [1.54, 1.807) is 25.1 Å². The highest BCUT2D eigenvalue weighted by Crippen LogP contribution is 2.39. The average Bonchev–Trinajstić information content (AvgIpc) is 2.96. The molecule has 0 saturated heterocycles. The molecule has 0 bridgehead atoms. The number of hydrogen-bond acceptors (Lipinski definition) is 6. The van der Waals surface area contributed by atoms with Crippen LogP contribution in [0.2, 0.25) is 0 Å². The molecule has 2 aromatic rings. The molecule has 0 aliphatic heterocycles. The lowest BCUT2D eigenvalue weighted by Gasteiger charge is -2.16. The number of imidazole rings is 1. The molecule has 7 nitrogen and oxygen atoms in total. The number of nitro groups is 1. The summed E-state index contributed by atoms with van der Waals surface area (Å²) in [4.78, 5) is 17.3. The number of aromatic nitrogens is 2. The Morgan fingerprint density at radius 1 is 1.65 bits per heavy atom. The van der Waals surface area contributed by atoms with Crippen molar-refractivity contribution in [1.82, 2.24) is 9.55 Å². The minimum absolute atomic E-state index is 0.0163. The molecule has 1 atom stereocenters. The van der Waals surface area contributed by atoms with Gasteiger partial charge in [-0.3, -0.25) is 10.1 Å². The molecule has 2 heterocycles. The number of thiophene rings is 1. The summed E-state index contributed by atoms with van der Waals surface area (Å²) in [7, 11) is 3.65. The van der Waals surface area contributed by atoms with E-state index in [0.29, 0.717) is 16.4 Å². The molecular formula is C12H16N4O3S. The number of hydrogen-bond donors (Lipinski definition) is 1.